The summed E-state index contributed by atoms with van der Waals surface area (Å²) in [7, 11) is 0. The maximum atomic E-state index is 13.3. The Morgan fingerprint density at radius 3 is 3.06 bits per heavy atom. The predicted octanol–water partition coefficient (Wildman–Crippen LogP) is 0.830. The van der Waals surface area contributed by atoms with Crippen molar-refractivity contribution in [1.82, 2.24) is 25.5 Å². The number of nitrogens with zero attached hydrogens (tertiary/aromatic N) is 3. The SMILES string of the molecule is CC(NC(=O)c1ccncc1F)c1ncn[nH]1. The van der Waals surface area contributed by atoms with Crippen LogP contribution in [-0.2, 0) is 0 Å². The van der Waals surface area contributed by atoms with Crippen molar-refractivity contribution in [3.8, 4) is 0 Å². The minimum Gasteiger partial charge on any atom is -0.342 e. The molecule has 0 spiro atoms. The van der Waals surface area contributed by atoms with Crippen molar-refractivity contribution in [2.75, 3.05) is 0 Å². The molecule has 0 aliphatic carbocycles. The van der Waals surface area contributed by atoms with Gasteiger partial charge in [-0.15, -0.1) is 0 Å². The molecule has 2 aromatic heterocycles. The molecule has 0 aliphatic heterocycles. The molecular formula is C10H10FN5O. The van der Waals surface area contributed by atoms with E-state index in [0.29, 0.717) is 5.82 Å². The van der Waals surface area contributed by atoms with E-state index in [1.54, 1.807) is 6.92 Å². The van der Waals surface area contributed by atoms with Gasteiger partial charge in [0.2, 0.25) is 0 Å². The Bertz CT molecular complexity index is 513. The first-order valence-corrected chi connectivity index (χ1v) is 4.94. The van der Waals surface area contributed by atoms with Crippen LogP contribution in [0, 0.1) is 5.82 Å². The van der Waals surface area contributed by atoms with Crippen LogP contribution >= 0.6 is 0 Å². The van der Waals surface area contributed by atoms with E-state index in [0.717, 1.165) is 6.20 Å². The highest BCUT2D eigenvalue weighted by molar-refractivity contribution is 5.94. The molecule has 0 saturated heterocycles. The first-order chi connectivity index (χ1) is 8.18. The minimum absolute atomic E-state index is 0.0497. The van der Waals surface area contributed by atoms with Crippen molar-refractivity contribution >= 4 is 5.91 Å². The van der Waals surface area contributed by atoms with Crippen LogP contribution in [0.5, 0.6) is 0 Å². The second kappa shape index (κ2) is 4.69. The molecule has 0 bridgehead atoms. The van der Waals surface area contributed by atoms with Gasteiger partial charge in [0.1, 0.15) is 12.2 Å². The quantitative estimate of drug-likeness (QED) is 0.825. The molecule has 7 heteroatoms. The van der Waals surface area contributed by atoms with E-state index >= 15 is 0 Å². The number of hydrogen-bond donors (Lipinski definition) is 2. The summed E-state index contributed by atoms with van der Waals surface area (Å²) in [5, 5.41) is 8.89. The van der Waals surface area contributed by atoms with Gasteiger partial charge in [0.25, 0.3) is 5.91 Å². The number of H-pyrrole nitrogens is 1. The van der Waals surface area contributed by atoms with Crippen molar-refractivity contribution in [3.05, 3.63) is 42.0 Å². The van der Waals surface area contributed by atoms with E-state index in [9.17, 15) is 9.18 Å². The van der Waals surface area contributed by atoms with Crippen LogP contribution in [0.25, 0.3) is 0 Å². The molecule has 0 radical (unpaired) electrons. The van der Waals surface area contributed by atoms with Gasteiger partial charge in [-0.3, -0.25) is 14.9 Å². The normalized spacial score (nSPS) is 12.1. The molecule has 2 heterocycles. The van der Waals surface area contributed by atoms with Crippen LogP contribution in [-0.4, -0.2) is 26.1 Å². The molecule has 6 nitrogen and oxygen atoms in total. The zero-order valence-electron chi connectivity index (χ0n) is 9.01. The predicted molar refractivity (Wildman–Crippen MR) is 56.5 cm³/mol. The zero-order valence-corrected chi connectivity index (χ0v) is 9.01. The van der Waals surface area contributed by atoms with Gasteiger partial charge < -0.3 is 5.32 Å². The molecule has 0 fully saturated rings. The van der Waals surface area contributed by atoms with E-state index in [1.807, 2.05) is 0 Å². The lowest BCUT2D eigenvalue weighted by Gasteiger charge is -2.11. The molecule has 0 aliphatic rings. The number of halogens is 1. The highest BCUT2D eigenvalue weighted by atomic mass is 19.1. The summed E-state index contributed by atoms with van der Waals surface area (Å²) in [6.07, 6.45) is 3.69. The molecule has 17 heavy (non-hydrogen) atoms. The Morgan fingerprint density at radius 1 is 1.59 bits per heavy atom. The van der Waals surface area contributed by atoms with Crippen molar-refractivity contribution < 1.29 is 9.18 Å². The monoisotopic (exact) mass is 235 g/mol. The number of carbonyl (C=O) groups excluding carboxylic acids is 1. The third-order valence-electron chi connectivity index (χ3n) is 2.21. The summed E-state index contributed by atoms with van der Waals surface area (Å²) in [4.78, 5) is 19.2. The van der Waals surface area contributed by atoms with E-state index in [2.05, 4.69) is 25.5 Å². The second-order valence-corrected chi connectivity index (χ2v) is 3.42. The van der Waals surface area contributed by atoms with Gasteiger partial charge in [0.05, 0.1) is 17.8 Å². The Labute approximate surface area is 96.3 Å². The van der Waals surface area contributed by atoms with Crippen LogP contribution in [0.1, 0.15) is 29.1 Å². The van der Waals surface area contributed by atoms with Crippen LogP contribution < -0.4 is 5.32 Å². The van der Waals surface area contributed by atoms with E-state index in [1.165, 1.54) is 18.6 Å². The highest BCUT2D eigenvalue weighted by Gasteiger charge is 2.16. The molecule has 2 aromatic rings. The lowest BCUT2D eigenvalue weighted by Crippen LogP contribution is -2.28. The van der Waals surface area contributed by atoms with Gasteiger partial charge in [-0.25, -0.2) is 9.37 Å². The number of amides is 1. The van der Waals surface area contributed by atoms with Crippen LogP contribution in [0.4, 0.5) is 4.39 Å². The lowest BCUT2D eigenvalue weighted by molar-refractivity contribution is 0.0934. The molecule has 1 amide bonds. The smallest absolute Gasteiger partial charge is 0.254 e. The number of hydrogen-bond acceptors (Lipinski definition) is 4. The van der Waals surface area contributed by atoms with Gasteiger partial charge in [-0.1, -0.05) is 0 Å². The summed E-state index contributed by atoms with van der Waals surface area (Å²) in [5.41, 5.74) is -0.0497. The fourth-order valence-corrected chi connectivity index (χ4v) is 1.33. The maximum absolute atomic E-state index is 13.3. The highest BCUT2D eigenvalue weighted by Crippen LogP contribution is 2.09. The van der Waals surface area contributed by atoms with Crippen molar-refractivity contribution in [1.29, 1.82) is 0 Å². The van der Waals surface area contributed by atoms with Gasteiger partial charge in [-0.05, 0) is 13.0 Å². The molecule has 2 N–H and O–H groups in total. The summed E-state index contributed by atoms with van der Waals surface area (Å²) < 4.78 is 13.3. The fourth-order valence-electron chi connectivity index (χ4n) is 1.33. The number of carbonyl (C=O) groups is 1. The minimum atomic E-state index is -0.658. The Balaban J connectivity index is 2.10. The molecule has 0 saturated carbocycles. The van der Waals surface area contributed by atoms with E-state index in [4.69, 9.17) is 0 Å². The number of aromatic nitrogens is 4. The van der Waals surface area contributed by atoms with Crippen LogP contribution in [0.2, 0.25) is 0 Å². The van der Waals surface area contributed by atoms with Gasteiger partial charge in [-0.2, -0.15) is 5.10 Å². The van der Waals surface area contributed by atoms with Crippen molar-refractivity contribution in [3.63, 3.8) is 0 Å². The Morgan fingerprint density at radius 2 is 2.41 bits per heavy atom. The summed E-state index contributed by atoms with van der Waals surface area (Å²) in [5.74, 6) is -0.670. The molecular weight excluding hydrogens is 225 g/mol. The van der Waals surface area contributed by atoms with E-state index < -0.39 is 11.7 Å². The third-order valence-corrected chi connectivity index (χ3v) is 2.21. The molecule has 1 unspecified atom stereocenters. The molecule has 0 aromatic carbocycles. The topological polar surface area (TPSA) is 83.6 Å². The zero-order chi connectivity index (χ0) is 12.3. The number of rotatable bonds is 3. The van der Waals surface area contributed by atoms with Crippen LogP contribution in [0.15, 0.2) is 24.8 Å². The first kappa shape index (κ1) is 11.2. The van der Waals surface area contributed by atoms with Crippen LogP contribution in [0.3, 0.4) is 0 Å². The molecule has 2 rings (SSSR count). The summed E-state index contributed by atoms with van der Waals surface area (Å²) in [6, 6.07) is 0.940. The summed E-state index contributed by atoms with van der Waals surface area (Å²) in [6.45, 7) is 1.72. The molecule has 88 valence electrons. The Hall–Kier alpha value is -2.31. The second-order valence-electron chi connectivity index (χ2n) is 3.42. The summed E-state index contributed by atoms with van der Waals surface area (Å²) >= 11 is 0. The molecule has 1 atom stereocenters. The fraction of sp³-hybridized carbons (Fsp3) is 0.200. The van der Waals surface area contributed by atoms with Gasteiger partial charge >= 0.3 is 0 Å². The number of aromatic amines is 1. The standard InChI is InChI=1S/C10H10FN5O/c1-6(9-13-5-14-16-9)15-10(17)7-2-3-12-4-8(7)11/h2-6H,1H3,(H,15,17)(H,13,14,16). The maximum Gasteiger partial charge on any atom is 0.254 e. The average molecular weight is 235 g/mol. The van der Waals surface area contributed by atoms with Gasteiger partial charge in [0.15, 0.2) is 5.82 Å². The largest absolute Gasteiger partial charge is 0.342 e. The first-order valence-electron chi connectivity index (χ1n) is 4.94. The van der Waals surface area contributed by atoms with Gasteiger partial charge in [0, 0.05) is 6.20 Å². The Kier molecular flexibility index (Phi) is 3.08. The van der Waals surface area contributed by atoms with E-state index in [-0.39, 0.29) is 11.6 Å². The number of nitrogens with one attached hydrogen (secondary N) is 2. The lowest BCUT2D eigenvalue weighted by atomic mass is 10.2. The van der Waals surface area contributed by atoms with Crippen molar-refractivity contribution in [2.24, 2.45) is 0 Å². The van der Waals surface area contributed by atoms with Crippen molar-refractivity contribution in [2.45, 2.75) is 13.0 Å². The number of pyridine rings is 1. The average Bonchev–Trinajstić information content (AvgIpc) is 2.82. The third kappa shape index (κ3) is 2.44.